The molecule has 0 radical (unpaired) electrons. The molecule has 1 aromatic heterocycles. The molecule has 0 unspecified atom stereocenters. The number of methoxy groups -OCH3 is 1. The van der Waals surface area contributed by atoms with Crippen molar-refractivity contribution in [3.05, 3.63) is 64.3 Å². The fourth-order valence-electron chi connectivity index (χ4n) is 3.62. The SMILES string of the molecule is COCc1c(C(=O)Nc2cccc(CSC3CCOCC3)c2)sc2cccc(F)c12. The predicted octanol–water partition coefficient (Wildman–Crippen LogP) is 5.85. The van der Waals surface area contributed by atoms with Crippen LogP contribution in [0, 0.1) is 5.82 Å². The van der Waals surface area contributed by atoms with Gasteiger partial charge in [-0.3, -0.25) is 4.79 Å². The number of carbonyl (C=O) groups is 1. The van der Waals surface area contributed by atoms with Crippen LogP contribution in [0.25, 0.3) is 10.1 Å². The lowest BCUT2D eigenvalue weighted by molar-refractivity contribution is 0.1000. The van der Waals surface area contributed by atoms with E-state index in [9.17, 15) is 9.18 Å². The first-order valence-electron chi connectivity index (χ1n) is 9.94. The second kappa shape index (κ2) is 9.92. The number of anilines is 1. The molecule has 1 fully saturated rings. The Morgan fingerprint density at radius 2 is 2.07 bits per heavy atom. The molecule has 7 heteroatoms. The Balaban J connectivity index is 1.50. The van der Waals surface area contributed by atoms with Crippen LogP contribution in [0.5, 0.6) is 0 Å². The Bertz CT molecular complexity index is 1030. The molecule has 158 valence electrons. The number of benzene rings is 2. The number of carbonyl (C=O) groups excluding carboxylic acids is 1. The molecule has 0 aliphatic carbocycles. The highest BCUT2D eigenvalue weighted by Crippen LogP contribution is 2.34. The van der Waals surface area contributed by atoms with Crippen molar-refractivity contribution in [2.24, 2.45) is 0 Å². The minimum absolute atomic E-state index is 0.186. The van der Waals surface area contributed by atoms with Gasteiger partial charge in [0, 0.05) is 52.7 Å². The van der Waals surface area contributed by atoms with Gasteiger partial charge in [0.05, 0.1) is 11.5 Å². The largest absolute Gasteiger partial charge is 0.381 e. The second-order valence-corrected chi connectivity index (χ2v) is 9.57. The Morgan fingerprint density at radius 3 is 2.87 bits per heavy atom. The average Bonchev–Trinajstić information content (AvgIpc) is 3.14. The monoisotopic (exact) mass is 445 g/mol. The van der Waals surface area contributed by atoms with E-state index in [1.54, 1.807) is 13.2 Å². The van der Waals surface area contributed by atoms with E-state index >= 15 is 0 Å². The third-order valence-corrected chi connectivity index (χ3v) is 7.74. The van der Waals surface area contributed by atoms with E-state index in [2.05, 4.69) is 11.4 Å². The zero-order chi connectivity index (χ0) is 20.9. The van der Waals surface area contributed by atoms with Crippen molar-refractivity contribution in [2.75, 3.05) is 25.6 Å². The van der Waals surface area contributed by atoms with Gasteiger partial charge >= 0.3 is 0 Å². The smallest absolute Gasteiger partial charge is 0.266 e. The fraction of sp³-hybridized carbons (Fsp3) is 0.348. The molecule has 4 rings (SSSR count). The molecular formula is C23H24FNO3S2. The van der Waals surface area contributed by atoms with Gasteiger partial charge in [0.15, 0.2) is 0 Å². The maximum absolute atomic E-state index is 14.4. The van der Waals surface area contributed by atoms with Crippen molar-refractivity contribution < 1.29 is 18.7 Å². The summed E-state index contributed by atoms with van der Waals surface area (Å²) in [7, 11) is 1.55. The maximum atomic E-state index is 14.4. The summed E-state index contributed by atoms with van der Waals surface area (Å²) in [6.07, 6.45) is 2.18. The number of rotatable bonds is 7. The molecule has 3 aromatic rings. The van der Waals surface area contributed by atoms with Crippen LogP contribution < -0.4 is 5.32 Å². The lowest BCUT2D eigenvalue weighted by Crippen LogP contribution is -2.17. The van der Waals surface area contributed by atoms with Gasteiger partial charge < -0.3 is 14.8 Å². The Kier molecular flexibility index (Phi) is 7.04. The van der Waals surface area contributed by atoms with Crippen LogP contribution in [0.4, 0.5) is 10.1 Å². The quantitative estimate of drug-likeness (QED) is 0.495. The number of nitrogens with one attached hydrogen (secondary N) is 1. The van der Waals surface area contributed by atoms with Crippen molar-refractivity contribution in [3.63, 3.8) is 0 Å². The number of amides is 1. The third kappa shape index (κ3) is 4.86. The van der Waals surface area contributed by atoms with Gasteiger partial charge in [-0.15, -0.1) is 11.3 Å². The van der Waals surface area contributed by atoms with Crippen LogP contribution in [-0.4, -0.2) is 31.5 Å². The minimum atomic E-state index is -0.331. The summed E-state index contributed by atoms with van der Waals surface area (Å²) in [6.45, 7) is 1.87. The van der Waals surface area contributed by atoms with Crippen molar-refractivity contribution in [1.82, 2.24) is 0 Å². The summed E-state index contributed by atoms with van der Waals surface area (Å²) in [5, 5.41) is 4.08. The standard InChI is InChI=1S/C23H24FNO3S2/c1-27-13-18-21-19(24)6-3-7-20(21)30-22(18)23(26)25-16-5-2-4-15(12-16)14-29-17-8-10-28-11-9-17/h2-7,12,17H,8-11,13-14H2,1H3,(H,25,26). The van der Waals surface area contributed by atoms with Gasteiger partial charge in [-0.1, -0.05) is 18.2 Å². The van der Waals surface area contributed by atoms with E-state index in [4.69, 9.17) is 9.47 Å². The zero-order valence-corrected chi connectivity index (χ0v) is 18.4. The van der Waals surface area contributed by atoms with E-state index in [0.717, 1.165) is 42.2 Å². The molecule has 1 aliphatic rings. The Morgan fingerprint density at radius 1 is 1.27 bits per heavy atom. The van der Waals surface area contributed by atoms with Crippen LogP contribution in [0.3, 0.4) is 0 Å². The van der Waals surface area contributed by atoms with E-state index < -0.39 is 0 Å². The highest BCUT2D eigenvalue weighted by molar-refractivity contribution is 7.99. The van der Waals surface area contributed by atoms with Crippen molar-refractivity contribution >= 4 is 44.8 Å². The number of thioether (sulfide) groups is 1. The van der Waals surface area contributed by atoms with Gasteiger partial charge in [-0.2, -0.15) is 11.8 Å². The van der Waals surface area contributed by atoms with E-state index in [0.29, 0.717) is 21.1 Å². The third-order valence-electron chi connectivity index (χ3n) is 5.10. The first-order valence-corrected chi connectivity index (χ1v) is 11.8. The molecule has 30 heavy (non-hydrogen) atoms. The summed E-state index contributed by atoms with van der Waals surface area (Å²) >= 11 is 3.23. The topological polar surface area (TPSA) is 47.6 Å². The van der Waals surface area contributed by atoms with Gasteiger partial charge in [0.25, 0.3) is 5.91 Å². The second-order valence-electron chi connectivity index (χ2n) is 7.23. The lowest BCUT2D eigenvalue weighted by atomic mass is 10.1. The fourth-order valence-corrected chi connectivity index (χ4v) is 5.87. The van der Waals surface area contributed by atoms with Crippen LogP contribution in [-0.2, 0) is 21.8 Å². The normalized spacial score (nSPS) is 14.9. The van der Waals surface area contributed by atoms with Crippen molar-refractivity contribution in [2.45, 2.75) is 30.5 Å². The molecular weight excluding hydrogens is 421 g/mol. The molecule has 0 atom stereocenters. The van der Waals surface area contributed by atoms with Gasteiger partial charge in [0.2, 0.25) is 0 Å². The highest BCUT2D eigenvalue weighted by Gasteiger charge is 2.21. The number of halogens is 1. The molecule has 1 N–H and O–H groups in total. The summed E-state index contributed by atoms with van der Waals surface area (Å²) in [4.78, 5) is 13.5. The number of ether oxygens (including phenoxy) is 2. The number of thiophene rings is 1. The van der Waals surface area contributed by atoms with Crippen LogP contribution >= 0.6 is 23.1 Å². The molecule has 0 bridgehead atoms. The molecule has 0 saturated carbocycles. The Hall–Kier alpha value is -1.93. The first kappa shape index (κ1) is 21.3. The highest BCUT2D eigenvalue weighted by atomic mass is 32.2. The van der Waals surface area contributed by atoms with E-state index in [-0.39, 0.29) is 18.3 Å². The molecule has 1 aliphatic heterocycles. The number of hydrogen-bond acceptors (Lipinski definition) is 5. The maximum Gasteiger partial charge on any atom is 0.266 e. The average molecular weight is 446 g/mol. The number of hydrogen-bond donors (Lipinski definition) is 1. The first-order chi connectivity index (χ1) is 14.7. The summed E-state index contributed by atoms with van der Waals surface area (Å²) in [5.74, 6) is 0.330. The van der Waals surface area contributed by atoms with Gasteiger partial charge in [0.1, 0.15) is 5.82 Å². The summed E-state index contributed by atoms with van der Waals surface area (Å²) in [5.41, 5.74) is 2.51. The molecule has 2 heterocycles. The van der Waals surface area contributed by atoms with Crippen molar-refractivity contribution in [1.29, 1.82) is 0 Å². The lowest BCUT2D eigenvalue weighted by Gasteiger charge is -2.21. The van der Waals surface area contributed by atoms with Crippen LogP contribution in [0.15, 0.2) is 42.5 Å². The Labute approximate surface area is 183 Å². The van der Waals surface area contributed by atoms with E-state index in [1.807, 2.05) is 36.0 Å². The van der Waals surface area contributed by atoms with Crippen LogP contribution in [0.1, 0.15) is 33.6 Å². The molecule has 4 nitrogen and oxygen atoms in total. The van der Waals surface area contributed by atoms with E-state index in [1.165, 1.54) is 23.0 Å². The molecule has 2 aromatic carbocycles. The number of fused-ring (bicyclic) bond motifs is 1. The van der Waals surface area contributed by atoms with Crippen molar-refractivity contribution in [3.8, 4) is 0 Å². The summed E-state index contributed by atoms with van der Waals surface area (Å²) in [6, 6.07) is 12.8. The zero-order valence-electron chi connectivity index (χ0n) is 16.8. The molecule has 1 amide bonds. The van der Waals surface area contributed by atoms with Crippen LogP contribution in [0.2, 0.25) is 0 Å². The minimum Gasteiger partial charge on any atom is -0.381 e. The molecule has 1 saturated heterocycles. The van der Waals surface area contributed by atoms with Gasteiger partial charge in [-0.25, -0.2) is 4.39 Å². The molecule has 0 spiro atoms. The predicted molar refractivity (Wildman–Crippen MR) is 122 cm³/mol. The van der Waals surface area contributed by atoms with Gasteiger partial charge in [-0.05, 0) is 42.7 Å². The summed E-state index contributed by atoms with van der Waals surface area (Å²) < 4.78 is 25.8.